The highest BCUT2D eigenvalue weighted by Crippen LogP contribution is 2.56. The summed E-state index contributed by atoms with van der Waals surface area (Å²) in [4.78, 5) is 11.8. The first-order chi connectivity index (χ1) is 10.2. The first-order valence-corrected chi connectivity index (χ1v) is 7.31. The molecule has 7 nitrogen and oxygen atoms in total. The van der Waals surface area contributed by atoms with Crippen LogP contribution in [-0.2, 0) is 33.2 Å². The zero-order valence-electron chi connectivity index (χ0n) is 12.9. The number of cyclic esters (lactones) is 1. The summed E-state index contributed by atoms with van der Waals surface area (Å²) < 4.78 is 32.8. The van der Waals surface area contributed by atoms with Crippen LogP contribution in [0.5, 0.6) is 0 Å². The van der Waals surface area contributed by atoms with Crippen molar-refractivity contribution in [2.75, 3.05) is 46.9 Å². The van der Waals surface area contributed by atoms with Crippen LogP contribution < -0.4 is 0 Å². The van der Waals surface area contributed by atoms with E-state index in [4.69, 9.17) is 28.4 Å². The number of hydrogen-bond donors (Lipinski definition) is 0. The summed E-state index contributed by atoms with van der Waals surface area (Å²) in [7, 11) is 1.60. The van der Waals surface area contributed by atoms with Crippen molar-refractivity contribution in [2.24, 2.45) is 5.92 Å². The summed E-state index contributed by atoms with van der Waals surface area (Å²) >= 11 is 0. The lowest BCUT2D eigenvalue weighted by atomic mass is 9.65. The molecule has 2 atom stereocenters. The van der Waals surface area contributed by atoms with Gasteiger partial charge in [0.1, 0.15) is 13.4 Å². The fourth-order valence-corrected chi connectivity index (χ4v) is 2.97. The summed E-state index contributed by atoms with van der Waals surface area (Å²) in [6.07, 6.45) is 0.450. The van der Waals surface area contributed by atoms with Crippen LogP contribution in [0.1, 0.15) is 20.3 Å². The maximum absolute atomic E-state index is 11.8. The molecule has 0 radical (unpaired) electrons. The van der Waals surface area contributed by atoms with Gasteiger partial charge in [-0.2, -0.15) is 0 Å². The molecule has 1 saturated carbocycles. The number of carbonyl (C=O) groups is 1. The quantitative estimate of drug-likeness (QED) is 0.334. The van der Waals surface area contributed by atoms with Crippen molar-refractivity contribution in [2.45, 2.75) is 31.7 Å². The molecule has 0 aromatic carbocycles. The van der Waals surface area contributed by atoms with Crippen LogP contribution in [0, 0.1) is 5.92 Å². The molecule has 0 aromatic heterocycles. The van der Waals surface area contributed by atoms with Crippen LogP contribution in [0.15, 0.2) is 0 Å². The third-order valence-electron chi connectivity index (χ3n) is 3.98. The van der Waals surface area contributed by atoms with E-state index < -0.39 is 11.4 Å². The summed E-state index contributed by atoms with van der Waals surface area (Å²) in [5.74, 6) is -1.55. The molecule has 2 fully saturated rings. The standard InChI is InChI=1S/C14H24O7/c1-4-19-14(20-5-2)8-11-12(15)18-9-13(11,14)21-10-17-7-6-16-3/h11H,4-10H2,1-3H3/t11-,13-/m0/s1. The van der Waals surface area contributed by atoms with Gasteiger partial charge in [0.2, 0.25) is 5.79 Å². The normalized spacial score (nSPS) is 29.9. The van der Waals surface area contributed by atoms with Crippen LogP contribution in [0.2, 0.25) is 0 Å². The Bertz CT molecular complexity index is 353. The van der Waals surface area contributed by atoms with Gasteiger partial charge in [-0.25, -0.2) is 0 Å². The van der Waals surface area contributed by atoms with Crippen LogP contribution in [0.25, 0.3) is 0 Å². The maximum atomic E-state index is 11.8. The molecule has 0 spiro atoms. The van der Waals surface area contributed by atoms with Crippen molar-refractivity contribution in [3.8, 4) is 0 Å². The second kappa shape index (κ2) is 7.02. The lowest BCUT2D eigenvalue weighted by Gasteiger charge is -2.56. The van der Waals surface area contributed by atoms with Crippen molar-refractivity contribution >= 4 is 5.97 Å². The Balaban J connectivity index is 2.03. The van der Waals surface area contributed by atoms with Crippen molar-refractivity contribution in [1.29, 1.82) is 0 Å². The molecular weight excluding hydrogens is 280 g/mol. The molecule has 0 N–H and O–H groups in total. The average molecular weight is 304 g/mol. The van der Waals surface area contributed by atoms with Gasteiger partial charge in [-0.05, 0) is 13.8 Å². The summed E-state index contributed by atoms with van der Waals surface area (Å²) in [5, 5.41) is 0. The summed E-state index contributed by atoms with van der Waals surface area (Å²) in [6.45, 7) is 5.78. The number of carbonyl (C=O) groups excluding carboxylic acids is 1. The molecule has 2 rings (SSSR count). The molecule has 7 heteroatoms. The summed E-state index contributed by atoms with van der Waals surface area (Å²) in [5.41, 5.74) is -0.914. The van der Waals surface area contributed by atoms with Crippen LogP contribution in [-0.4, -0.2) is 64.3 Å². The fourth-order valence-electron chi connectivity index (χ4n) is 2.97. The van der Waals surface area contributed by atoms with Crippen LogP contribution >= 0.6 is 0 Å². The molecule has 0 aromatic rings. The van der Waals surface area contributed by atoms with Gasteiger partial charge in [-0.1, -0.05) is 0 Å². The van der Waals surface area contributed by atoms with E-state index in [0.29, 0.717) is 32.8 Å². The largest absolute Gasteiger partial charge is 0.462 e. The van der Waals surface area contributed by atoms with E-state index in [1.807, 2.05) is 13.8 Å². The number of hydrogen-bond acceptors (Lipinski definition) is 7. The van der Waals surface area contributed by atoms with Crippen LogP contribution in [0.4, 0.5) is 0 Å². The average Bonchev–Trinajstić information content (AvgIpc) is 2.72. The molecule has 0 bridgehead atoms. The molecule has 0 amide bonds. The zero-order chi connectivity index (χ0) is 15.3. The highest BCUT2D eigenvalue weighted by atomic mass is 16.8. The van der Waals surface area contributed by atoms with E-state index in [1.165, 1.54) is 0 Å². The zero-order valence-corrected chi connectivity index (χ0v) is 12.9. The molecule has 21 heavy (non-hydrogen) atoms. The predicted octanol–water partition coefficient (Wildman–Crippen LogP) is 0.708. The minimum absolute atomic E-state index is 0.0401. The topological polar surface area (TPSA) is 72.5 Å². The Kier molecular flexibility index (Phi) is 5.56. The number of methoxy groups -OCH3 is 1. The van der Waals surface area contributed by atoms with Gasteiger partial charge in [0.15, 0.2) is 5.60 Å². The highest BCUT2D eigenvalue weighted by molar-refractivity contribution is 5.79. The van der Waals surface area contributed by atoms with Crippen molar-refractivity contribution in [3.05, 3.63) is 0 Å². The molecule has 2 aliphatic rings. The molecule has 1 aliphatic heterocycles. The molecule has 122 valence electrons. The Morgan fingerprint density at radius 3 is 2.48 bits per heavy atom. The molecular formula is C14H24O7. The molecule has 1 aliphatic carbocycles. The minimum Gasteiger partial charge on any atom is -0.462 e. The van der Waals surface area contributed by atoms with Gasteiger partial charge in [-0.3, -0.25) is 4.79 Å². The van der Waals surface area contributed by atoms with E-state index in [-0.39, 0.29) is 25.3 Å². The summed E-state index contributed by atoms with van der Waals surface area (Å²) in [6, 6.07) is 0. The Hall–Kier alpha value is -0.730. The van der Waals surface area contributed by atoms with Gasteiger partial charge in [0, 0.05) is 26.7 Å². The van der Waals surface area contributed by atoms with E-state index >= 15 is 0 Å². The SMILES string of the molecule is CCOC1(OCC)C[C@H]2C(=O)OC[C@]21OCOCCOC. The first kappa shape index (κ1) is 16.6. The third kappa shape index (κ3) is 2.80. The van der Waals surface area contributed by atoms with Gasteiger partial charge in [0.25, 0.3) is 0 Å². The van der Waals surface area contributed by atoms with Crippen molar-refractivity contribution in [3.63, 3.8) is 0 Å². The third-order valence-corrected chi connectivity index (χ3v) is 3.98. The lowest BCUT2D eigenvalue weighted by molar-refractivity contribution is -0.399. The minimum atomic E-state index is -0.933. The van der Waals surface area contributed by atoms with E-state index in [9.17, 15) is 4.79 Å². The number of ether oxygens (including phenoxy) is 6. The van der Waals surface area contributed by atoms with E-state index in [0.717, 1.165) is 0 Å². The smallest absolute Gasteiger partial charge is 0.312 e. The molecule has 1 heterocycles. The van der Waals surface area contributed by atoms with Gasteiger partial charge in [-0.15, -0.1) is 0 Å². The van der Waals surface area contributed by atoms with E-state index in [2.05, 4.69) is 0 Å². The second-order valence-corrected chi connectivity index (χ2v) is 5.04. The van der Waals surface area contributed by atoms with Crippen molar-refractivity contribution in [1.82, 2.24) is 0 Å². The highest BCUT2D eigenvalue weighted by Gasteiger charge is 2.76. The van der Waals surface area contributed by atoms with Crippen LogP contribution in [0.3, 0.4) is 0 Å². The number of rotatable bonds is 10. The number of esters is 1. The van der Waals surface area contributed by atoms with Gasteiger partial charge >= 0.3 is 5.97 Å². The van der Waals surface area contributed by atoms with Gasteiger partial charge in [0.05, 0.1) is 19.1 Å². The second-order valence-electron chi connectivity index (χ2n) is 5.04. The first-order valence-electron chi connectivity index (χ1n) is 7.31. The Labute approximate surface area is 124 Å². The number of fused-ring (bicyclic) bond motifs is 1. The fraction of sp³-hybridized carbons (Fsp3) is 0.929. The Morgan fingerprint density at radius 2 is 1.90 bits per heavy atom. The van der Waals surface area contributed by atoms with E-state index in [1.54, 1.807) is 7.11 Å². The van der Waals surface area contributed by atoms with Crippen molar-refractivity contribution < 1.29 is 33.2 Å². The molecule has 0 unspecified atom stereocenters. The molecule has 1 saturated heterocycles. The van der Waals surface area contributed by atoms with Gasteiger partial charge < -0.3 is 28.4 Å². The maximum Gasteiger partial charge on any atom is 0.312 e. The Morgan fingerprint density at radius 1 is 1.19 bits per heavy atom. The predicted molar refractivity (Wildman–Crippen MR) is 71.6 cm³/mol. The monoisotopic (exact) mass is 304 g/mol. The lowest BCUT2D eigenvalue weighted by Crippen LogP contribution is -2.73.